The number of aryl methyl sites for hydroxylation is 1. The zero-order chi connectivity index (χ0) is 13.0. The van der Waals surface area contributed by atoms with Gasteiger partial charge < -0.3 is 10.1 Å². The van der Waals surface area contributed by atoms with Crippen molar-refractivity contribution in [1.82, 2.24) is 20.2 Å². The molecule has 0 saturated heterocycles. The van der Waals surface area contributed by atoms with E-state index in [9.17, 15) is 0 Å². The third kappa shape index (κ3) is 2.77. The van der Waals surface area contributed by atoms with E-state index in [0.29, 0.717) is 11.8 Å². The SMILES string of the molecule is CCCNc1ncnc(Oc2cc(C)[nH]n2)c1C. The van der Waals surface area contributed by atoms with E-state index in [1.165, 1.54) is 6.33 Å². The van der Waals surface area contributed by atoms with Crippen molar-refractivity contribution in [2.45, 2.75) is 27.2 Å². The molecule has 0 aliphatic rings. The molecule has 2 N–H and O–H groups in total. The van der Waals surface area contributed by atoms with Crippen LogP contribution in [0.5, 0.6) is 11.8 Å². The Morgan fingerprint density at radius 3 is 2.83 bits per heavy atom. The third-order valence-electron chi connectivity index (χ3n) is 2.46. The standard InChI is InChI=1S/C12H17N5O/c1-4-5-13-11-9(3)12(15-7-14-11)18-10-6-8(2)16-17-10/h6-7H,4-5H2,1-3H3,(H,16,17)(H,13,14,15). The molecule has 0 fully saturated rings. The van der Waals surface area contributed by atoms with Gasteiger partial charge in [-0.05, 0) is 20.3 Å². The highest BCUT2D eigenvalue weighted by Crippen LogP contribution is 2.24. The Balaban J connectivity index is 2.17. The van der Waals surface area contributed by atoms with Gasteiger partial charge in [0.05, 0.1) is 5.56 Å². The predicted molar refractivity (Wildman–Crippen MR) is 68.9 cm³/mol. The van der Waals surface area contributed by atoms with Crippen molar-refractivity contribution in [2.75, 3.05) is 11.9 Å². The van der Waals surface area contributed by atoms with Gasteiger partial charge in [-0.3, -0.25) is 5.10 Å². The molecule has 0 aromatic carbocycles. The van der Waals surface area contributed by atoms with Gasteiger partial charge in [-0.2, -0.15) is 0 Å². The van der Waals surface area contributed by atoms with Crippen LogP contribution in [-0.4, -0.2) is 26.7 Å². The van der Waals surface area contributed by atoms with Gasteiger partial charge in [-0.25, -0.2) is 9.97 Å². The van der Waals surface area contributed by atoms with Crippen molar-refractivity contribution in [3.05, 3.63) is 23.7 Å². The van der Waals surface area contributed by atoms with Gasteiger partial charge in [-0.1, -0.05) is 6.92 Å². The number of hydrogen-bond donors (Lipinski definition) is 2. The molecule has 0 aliphatic heterocycles. The fourth-order valence-corrected chi connectivity index (χ4v) is 1.50. The number of aromatic nitrogens is 4. The zero-order valence-corrected chi connectivity index (χ0v) is 10.8. The van der Waals surface area contributed by atoms with E-state index in [0.717, 1.165) is 30.0 Å². The Labute approximate surface area is 106 Å². The molecule has 96 valence electrons. The van der Waals surface area contributed by atoms with Gasteiger partial charge in [0.2, 0.25) is 11.8 Å². The Hall–Kier alpha value is -2.11. The highest BCUT2D eigenvalue weighted by atomic mass is 16.5. The minimum Gasteiger partial charge on any atom is -0.419 e. The molecule has 0 spiro atoms. The number of hydrogen-bond acceptors (Lipinski definition) is 5. The number of ether oxygens (including phenoxy) is 1. The number of nitrogens with one attached hydrogen (secondary N) is 2. The van der Waals surface area contributed by atoms with Crippen LogP contribution in [-0.2, 0) is 0 Å². The summed E-state index contributed by atoms with van der Waals surface area (Å²) >= 11 is 0. The van der Waals surface area contributed by atoms with Gasteiger partial charge in [0.1, 0.15) is 12.1 Å². The number of H-pyrrole nitrogens is 1. The molecule has 6 nitrogen and oxygen atoms in total. The molecule has 0 saturated carbocycles. The molecule has 0 amide bonds. The van der Waals surface area contributed by atoms with Crippen molar-refractivity contribution in [1.29, 1.82) is 0 Å². The van der Waals surface area contributed by atoms with E-state index in [-0.39, 0.29) is 0 Å². The average molecular weight is 247 g/mol. The minimum absolute atomic E-state index is 0.510. The topological polar surface area (TPSA) is 75.7 Å². The Bertz CT molecular complexity index is 523. The summed E-state index contributed by atoms with van der Waals surface area (Å²) in [5.74, 6) is 1.83. The van der Waals surface area contributed by atoms with Crippen LogP contribution in [0.4, 0.5) is 5.82 Å². The van der Waals surface area contributed by atoms with E-state index in [4.69, 9.17) is 4.74 Å². The lowest BCUT2D eigenvalue weighted by atomic mass is 10.3. The van der Waals surface area contributed by atoms with Gasteiger partial charge in [-0.15, -0.1) is 5.10 Å². The van der Waals surface area contributed by atoms with Crippen LogP contribution in [0, 0.1) is 13.8 Å². The lowest BCUT2D eigenvalue weighted by Crippen LogP contribution is -2.05. The maximum atomic E-state index is 5.62. The first-order valence-electron chi connectivity index (χ1n) is 5.96. The van der Waals surface area contributed by atoms with Crippen LogP contribution in [0.15, 0.2) is 12.4 Å². The molecule has 2 aromatic rings. The second kappa shape index (κ2) is 5.48. The molecule has 0 unspecified atom stereocenters. The van der Waals surface area contributed by atoms with Crippen LogP contribution in [0.1, 0.15) is 24.6 Å². The highest BCUT2D eigenvalue weighted by molar-refractivity contribution is 5.48. The number of rotatable bonds is 5. The summed E-state index contributed by atoms with van der Waals surface area (Å²) in [6.07, 6.45) is 2.53. The van der Waals surface area contributed by atoms with E-state index >= 15 is 0 Å². The second-order valence-corrected chi connectivity index (χ2v) is 4.07. The van der Waals surface area contributed by atoms with Crippen LogP contribution >= 0.6 is 0 Å². The summed E-state index contributed by atoms with van der Waals surface area (Å²) in [7, 11) is 0. The van der Waals surface area contributed by atoms with Gasteiger partial charge in [0.25, 0.3) is 0 Å². The van der Waals surface area contributed by atoms with Crippen molar-refractivity contribution in [3.63, 3.8) is 0 Å². The quantitative estimate of drug-likeness (QED) is 0.848. The Morgan fingerprint density at radius 2 is 2.17 bits per heavy atom. The van der Waals surface area contributed by atoms with Gasteiger partial charge in [0.15, 0.2) is 0 Å². The molecular formula is C12H17N5O. The average Bonchev–Trinajstić information content (AvgIpc) is 2.76. The summed E-state index contributed by atoms with van der Waals surface area (Å²) in [5, 5.41) is 10.1. The first-order chi connectivity index (χ1) is 8.70. The maximum absolute atomic E-state index is 5.62. The summed E-state index contributed by atoms with van der Waals surface area (Å²) < 4.78 is 5.62. The van der Waals surface area contributed by atoms with Crippen molar-refractivity contribution in [3.8, 4) is 11.8 Å². The second-order valence-electron chi connectivity index (χ2n) is 4.07. The fourth-order valence-electron chi connectivity index (χ4n) is 1.50. The fraction of sp³-hybridized carbons (Fsp3) is 0.417. The molecule has 2 aromatic heterocycles. The van der Waals surface area contributed by atoms with Crippen molar-refractivity contribution < 1.29 is 4.74 Å². The maximum Gasteiger partial charge on any atom is 0.240 e. The predicted octanol–water partition coefficient (Wildman–Crippen LogP) is 2.43. The lowest BCUT2D eigenvalue weighted by Gasteiger charge is -2.09. The molecule has 2 heterocycles. The van der Waals surface area contributed by atoms with Crippen LogP contribution in [0.25, 0.3) is 0 Å². The van der Waals surface area contributed by atoms with Crippen molar-refractivity contribution in [2.24, 2.45) is 0 Å². The molecule has 0 radical (unpaired) electrons. The van der Waals surface area contributed by atoms with Crippen LogP contribution < -0.4 is 10.1 Å². The number of anilines is 1. The van der Waals surface area contributed by atoms with Gasteiger partial charge in [0, 0.05) is 18.3 Å². The largest absolute Gasteiger partial charge is 0.419 e. The van der Waals surface area contributed by atoms with Crippen LogP contribution in [0.2, 0.25) is 0 Å². The van der Waals surface area contributed by atoms with Crippen LogP contribution in [0.3, 0.4) is 0 Å². The van der Waals surface area contributed by atoms with E-state index in [1.807, 2.05) is 19.9 Å². The molecule has 2 rings (SSSR count). The highest BCUT2D eigenvalue weighted by Gasteiger charge is 2.10. The summed E-state index contributed by atoms with van der Waals surface area (Å²) in [6.45, 7) is 6.82. The monoisotopic (exact) mass is 247 g/mol. The molecule has 0 atom stereocenters. The van der Waals surface area contributed by atoms with Crippen molar-refractivity contribution >= 4 is 5.82 Å². The first-order valence-corrected chi connectivity index (χ1v) is 5.96. The normalized spacial score (nSPS) is 10.4. The van der Waals surface area contributed by atoms with E-state index in [1.54, 1.807) is 0 Å². The van der Waals surface area contributed by atoms with E-state index in [2.05, 4.69) is 32.4 Å². The lowest BCUT2D eigenvalue weighted by molar-refractivity contribution is 0.439. The molecule has 0 bridgehead atoms. The van der Waals surface area contributed by atoms with Gasteiger partial charge >= 0.3 is 0 Å². The molecular weight excluding hydrogens is 230 g/mol. The number of nitrogens with zero attached hydrogens (tertiary/aromatic N) is 3. The van der Waals surface area contributed by atoms with E-state index < -0.39 is 0 Å². The summed E-state index contributed by atoms with van der Waals surface area (Å²) in [6, 6.07) is 1.82. The minimum atomic E-state index is 0.510. The number of aromatic amines is 1. The summed E-state index contributed by atoms with van der Waals surface area (Å²) in [5.41, 5.74) is 1.83. The molecule has 0 aliphatic carbocycles. The summed E-state index contributed by atoms with van der Waals surface area (Å²) in [4.78, 5) is 8.32. The smallest absolute Gasteiger partial charge is 0.240 e. The Kier molecular flexibility index (Phi) is 3.76. The molecule has 18 heavy (non-hydrogen) atoms. The zero-order valence-electron chi connectivity index (χ0n) is 10.8. The third-order valence-corrected chi connectivity index (χ3v) is 2.46. The Morgan fingerprint density at radius 1 is 1.33 bits per heavy atom. The molecule has 6 heteroatoms. The first kappa shape index (κ1) is 12.3.